The Morgan fingerprint density at radius 3 is 1.96 bits per heavy atom. The van der Waals surface area contributed by atoms with Gasteiger partial charge >= 0.3 is 0 Å². The summed E-state index contributed by atoms with van der Waals surface area (Å²) in [5.74, 6) is 1.73. The van der Waals surface area contributed by atoms with Crippen LogP contribution in [0.25, 0.3) is 11.4 Å². The lowest BCUT2D eigenvalue weighted by molar-refractivity contribution is 0.474. The summed E-state index contributed by atoms with van der Waals surface area (Å²) in [6, 6.07) is 8.80. The molecule has 2 heteroatoms. The Balaban J connectivity index is 1.71. The first-order valence-electron chi connectivity index (χ1n) is 11.6. The summed E-state index contributed by atoms with van der Waals surface area (Å²) in [4.78, 5) is 9.21. The molecule has 154 valence electrons. The average molecular weight is 381 g/mol. The van der Waals surface area contributed by atoms with Gasteiger partial charge in [0.1, 0.15) is 0 Å². The second-order valence-electron chi connectivity index (χ2n) is 8.39. The molecule has 0 saturated heterocycles. The van der Waals surface area contributed by atoms with Crippen LogP contribution in [0.5, 0.6) is 0 Å². The molecule has 0 amide bonds. The molecule has 28 heavy (non-hydrogen) atoms. The molecule has 1 heterocycles. The van der Waals surface area contributed by atoms with E-state index in [1.165, 1.54) is 81.8 Å². The quantitative estimate of drug-likeness (QED) is 0.312. The minimum Gasteiger partial charge on any atom is -0.236 e. The molecule has 1 aromatic carbocycles. The third kappa shape index (κ3) is 8.54. The van der Waals surface area contributed by atoms with E-state index in [0.717, 1.165) is 23.7 Å². The smallest absolute Gasteiger partial charge is 0.159 e. The highest BCUT2D eigenvalue weighted by Crippen LogP contribution is 2.18. The molecule has 2 rings (SSSR count). The molecule has 0 saturated carbocycles. The van der Waals surface area contributed by atoms with E-state index in [0.29, 0.717) is 0 Å². The van der Waals surface area contributed by atoms with Gasteiger partial charge in [0.05, 0.1) is 0 Å². The van der Waals surface area contributed by atoms with E-state index in [2.05, 4.69) is 55.0 Å². The van der Waals surface area contributed by atoms with Crippen LogP contribution in [0.2, 0.25) is 0 Å². The monoisotopic (exact) mass is 380 g/mol. The van der Waals surface area contributed by atoms with Gasteiger partial charge < -0.3 is 0 Å². The van der Waals surface area contributed by atoms with E-state index < -0.39 is 0 Å². The van der Waals surface area contributed by atoms with Gasteiger partial charge in [0.2, 0.25) is 0 Å². The van der Waals surface area contributed by atoms with Gasteiger partial charge in [-0.25, -0.2) is 9.97 Å². The van der Waals surface area contributed by atoms with Gasteiger partial charge in [-0.15, -0.1) is 0 Å². The van der Waals surface area contributed by atoms with E-state index in [1.807, 2.05) is 12.4 Å². The van der Waals surface area contributed by atoms with Gasteiger partial charge in [-0.1, -0.05) is 96.4 Å². The molecule has 0 bridgehead atoms. The normalized spacial score (nSPS) is 12.2. The maximum absolute atomic E-state index is 4.60. The fourth-order valence-electron chi connectivity index (χ4n) is 3.59. The standard InChI is InChI=1S/C26H40N2/c1-4-6-7-11-14-23-16-18-25(19-17-23)26-27-20-24(21-28-26)15-12-9-8-10-13-22(3)5-2/h16-22H,4-15H2,1-3H3. The zero-order valence-corrected chi connectivity index (χ0v) is 18.4. The first-order valence-corrected chi connectivity index (χ1v) is 11.6. The Hall–Kier alpha value is -1.70. The van der Waals surface area contributed by atoms with Crippen LogP contribution >= 0.6 is 0 Å². The van der Waals surface area contributed by atoms with E-state index in [9.17, 15) is 0 Å². The van der Waals surface area contributed by atoms with Crippen molar-refractivity contribution in [3.8, 4) is 11.4 Å². The Morgan fingerprint density at radius 1 is 0.714 bits per heavy atom. The number of rotatable bonds is 14. The minimum atomic E-state index is 0.842. The zero-order chi connectivity index (χ0) is 20.0. The molecule has 0 aliphatic carbocycles. The summed E-state index contributed by atoms with van der Waals surface area (Å²) < 4.78 is 0. The predicted molar refractivity (Wildman–Crippen MR) is 122 cm³/mol. The Bertz CT molecular complexity index is 630. The van der Waals surface area contributed by atoms with Crippen molar-refractivity contribution < 1.29 is 0 Å². The van der Waals surface area contributed by atoms with Crippen molar-refractivity contribution in [2.24, 2.45) is 5.92 Å². The van der Waals surface area contributed by atoms with Crippen LogP contribution in [0, 0.1) is 5.92 Å². The number of aryl methyl sites for hydroxylation is 2. The third-order valence-electron chi connectivity index (χ3n) is 5.85. The van der Waals surface area contributed by atoms with Crippen LogP contribution in [-0.4, -0.2) is 9.97 Å². The maximum Gasteiger partial charge on any atom is 0.159 e. The van der Waals surface area contributed by atoms with E-state index in [-0.39, 0.29) is 0 Å². The number of benzene rings is 1. The lowest BCUT2D eigenvalue weighted by Crippen LogP contribution is -1.94. The van der Waals surface area contributed by atoms with Crippen molar-refractivity contribution in [2.45, 2.75) is 97.8 Å². The van der Waals surface area contributed by atoms with Crippen molar-refractivity contribution in [3.05, 3.63) is 47.8 Å². The van der Waals surface area contributed by atoms with Crippen LogP contribution in [0.1, 0.15) is 96.1 Å². The molecule has 1 aromatic heterocycles. The highest BCUT2D eigenvalue weighted by Gasteiger charge is 2.03. The van der Waals surface area contributed by atoms with E-state index >= 15 is 0 Å². The molecule has 0 aliphatic heterocycles. The molecular formula is C26H40N2. The number of unbranched alkanes of at least 4 members (excludes halogenated alkanes) is 6. The first kappa shape index (κ1) is 22.6. The van der Waals surface area contributed by atoms with Crippen molar-refractivity contribution in [1.82, 2.24) is 9.97 Å². The Labute approximate surface area is 173 Å². The molecular weight excluding hydrogens is 340 g/mol. The lowest BCUT2D eigenvalue weighted by Gasteiger charge is -2.07. The second kappa shape index (κ2) is 13.5. The summed E-state index contributed by atoms with van der Waals surface area (Å²) in [7, 11) is 0. The number of nitrogens with zero attached hydrogens (tertiary/aromatic N) is 2. The molecule has 0 fully saturated rings. The number of aromatic nitrogens is 2. The molecule has 0 spiro atoms. The van der Waals surface area contributed by atoms with Gasteiger partial charge in [-0.05, 0) is 42.7 Å². The fraction of sp³-hybridized carbons (Fsp3) is 0.615. The van der Waals surface area contributed by atoms with E-state index in [4.69, 9.17) is 0 Å². The lowest BCUT2D eigenvalue weighted by atomic mass is 10.00. The summed E-state index contributed by atoms with van der Waals surface area (Å²) in [6.07, 6.45) is 19.5. The summed E-state index contributed by atoms with van der Waals surface area (Å²) >= 11 is 0. The number of hydrogen-bond donors (Lipinski definition) is 0. The highest BCUT2D eigenvalue weighted by atomic mass is 14.9. The minimum absolute atomic E-state index is 0.842. The first-order chi connectivity index (χ1) is 13.7. The fourth-order valence-corrected chi connectivity index (χ4v) is 3.59. The SMILES string of the molecule is CCCCCCc1ccc(-c2ncc(CCCCCCC(C)CC)cn2)cc1. The van der Waals surface area contributed by atoms with Crippen LogP contribution in [-0.2, 0) is 12.8 Å². The summed E-state index contributed by atoms with van der Waals surface area (Å²) in [6.45, 7) is 6.91. The summed E-state index contributed by atoms with van der Waals surface area (Å²) in [5, 5.41) is 0. The Morgan fingerprint density at radius 2 is 1.32 bits per heavy atom. The number of hydrogen-bond acceptors (Lipinski definition) is 2. The van der Waals surface area contributed by atoms with Crippen molar-refractivity contribution >= 4 is 0 Å². The molecule has 1 unspecified atom stereocenters. The van der Waals surface area contributed by atoms with Crippen molar-refractivity contribution in [1.29, 1.82) is 0 Å². The largest absolute Gasteiger partial charge is 0.236 e. The van der Waals surface area contributed by atoms with Gasteiger partial charge in [-0.2, -0.15) is 0 Å². The highest BCUT2D eigenvalue weighted by molar-refractivity contribution is 5.55. The van der Waals surface area contributed by atoms with Gasteiger partial charge in [0.15, 0.2) is 5.82 Å². The molecule has 0 aliphatic rings. The van der Waals surface area contributed by atoms with Crippen LogP contribution in [0.15, 0.2) is 36.7 Å². The van der Waals surface area contributed by atoms with E-state index in [1.54, 1.807) is 0 Å². The predicted octanol–water partition coefficient (Wildman–Crippen LogP) is 7.81. The average Bonchev–Trinajstić information content (AvgIpc) is 2.74. The zero-order valence-electron chi connectivity index (χ0n) is 18.4. The van der Waals surface area contributed by atoms with Crippen LogP contribution in [0.4, 0.5) is 0 Å². The van der Waals surface area contributed by atoms with Crippen LogP contribution in [0.3, 0.4) is 0 Å². The topological polar surface area (TPSA) is 25.8 Å². The third-order valence-corrected chi connectivity index (χ3v) is 5.85. The van der Waals surface area contributed by atoms with Crippen molar-refractivity contribution in [3.63, 3.8) is 0 Å². The molecule has 1 atom stereocenters. The van der Waals surface area contributed by atoms with Gasteiger partial charge in [-0.3, -0.25) is 0 Å². The molecule has 2 aromatic rings. The van der Waals surface area contributed by atoms with Gasteiger partial charge in [0.25, 0.3) is 0 Å². The van der Waals surface area contributed by atoms with Gasteiger partial charge in [0, 0.05) is 18.0 Å². The maximum atomic E-state index is 4.60. The summed E-state index contributed by atoms with van der Waals surface area (Å²) in [5.41, 5.74) is 3.80. The molecule has 0 radical (unpaired) electrons. The van der Waals surface area contributed by atoms with Crippen LogP contribution < -0.4 is 0 Å². The van der Waals surface area contributed by atoms with Crippen molar-refractivity contribution in [2.75, 3.05) is 0 Å². The molecule has 2 nitrogen and oxygen atoms in total. The second-order valence-corrected chi connectivity index (χ2v) is 8.39. The molecule has 0 N–H and O–H groups in total. The Kier molecular flexibility index (Phi) is 10.9.